The molecule has 0 saturated carbocycles. The second kappa shape index (κ2) is 7.13. The number of thioether (sulfide) groups is 1. The summed E-state index contributed by atoms with van der Waals surface area (Å²) in [5, 5.41) is 2.19. The summed E-state index contributed by atoms with van der Waals surface area (Å²) in [5.74, 6) is -0.338. The molecular formula is C11H17N3O4S. The molecule has 0 fully saturated rings. The molecule has 8 heteroatoms. The fourth-order valence-electron chi connectivity index (χ4n) is 1.42. The smallest absolute Gasteiger partial charge is 0.339 e. The number of H-pyrrole nitrogens is 1. The maximum atomic E-state index is 11.8. The maximum absolute atomic E-state index is 11.8. The zero-order valence-electron chi connectivity index (χ0n) is 11.1. The number of ether oxygens (including phenoxy) is 1. The van der Waals surface area contributed by atoms with E-state index in [0.717, 1.165) is 18.2 Å². The Bertz CT molecular complexity index is 552. The summed E-state index contributed by atoms with van der Waals surface area (Å²) in [6.45, 7) is 3.99. The Morgan fingerprint density at radius 3 is 2.74 bits per heavy atom. The lowest BCUT2D eigenvalue weighted by atomic mass is 10.2. The van der Waals surface area contributed by atoms with Crippen LogP contribution in [0.2, 0.25) is 0 Å². The normalized spacial score (nSPS) is 12.2. The average Bonchev–Trinajstić information content (AvgIpc) is 2.35. The molecule has 0 aliphatic heterocycles. The van der Waals surface area contributed by atoms with Gasteiger partial charge in [-0.2, -0.15) is 4.98 Å². The highest BCUT2D eigenvalue weighted by molar-refractivity contribution is 8.00. The predicted octanol–water partition coefficient (Wildman–Crippen LogP) is 0.292. The number of esters is 1. The van der Waals surface area contributed by atoms with Crippen LogP contribution in [-0.2, 0) is 16.6 Å². The van der Waals surface area contributed by atoms with Crippen molar-refractivity contribution in [3.8, 4) is 0 Å². The summed E-state index contributed by atoms with van der Waals surface area (Å²) >= 11 is 1.12. The molecule has 1 rings (SSSR count). The van der Waals surface area contributed by atoms with Gasteiger partial charge in [0, 0.05) is 7.05 Å². The highest BCUT2D eigenvalue weighted by Gasteiger charge is 2.22. The lowest BCUT2D eigenvalue weighted by Gasteiger charge is -2.14. The first kappa shape index (κ1) is 15.5. The molecule has 0 spiro atoms. The number of nitrogens with one attached hydrogen (secondary N) is 1. The third-order valence-corrected chi connectivity index (χ3v) is 3.58. The van der Waals surface area contributed by atoms with Crippen LogP contribution in [0.5, 0.6) is 0 Å². The molecule has 106 valence electrons. The second-order valence-corrected chi connectivity index (χ2v) is 5.02. The Morgan fingerprint density at radius 2 is 2.16 bits per heavy atom. The minimum atomic E-state index is -0.861. The van der Waals surface area contributed by atoms with E-state index in [1.54, 1.807) is 14.0 Å². The number of nitrogens with zero attached hydrogens (tertiary/aromatic N) is 2. The molecule has 0 aliphatic rings. The van der Waals surface area contributed by atoms with Crippen molar-refractivity contribution in [1.82, 2.24) is 14.8 Å². The van der Waals surface area contributed by atoms with E-state index >= 15 is 0 Å². The van der Waals surface area contributed by atoms with Crippen molar-refractivity contribution < 1.29 is 9.53 Å². The Morgan fingerprint density at radius 1 is 1.47 bits per heavy atom. The minimum Gasteiger partial charge on any atom is -0.465 e. The zero-order valence-corrected chi connectivity index (χ0v) is 12.0. The van der Waals surface area contributed by atoms with Gasteiger partial charge in [-0.1, -0.05) is 25.1 Å². The Balaban J connectivity index is 2.96. The van der Waals surface area contributed by atoms with Gasteiger partial charge in [-0.05, 0) is 13.3 Å². The van der Waals surface area contributed by atoms with Crippen LogP contribution in [0, 0.1) is 0 Å². The highest BCUT2D eigenvalue weighted by atomic mass is 32.2. The van der Waals surface area contributed by atoms with E-state index < -0.39 is 16.4 Å². The van der Waals surface area contributed by atoms with Gasteiger partial charge >= 0.3 is 17.1 Å². The Labute approximate surface area is 114 Å². The van der Waals surface area contributed by atoms with Gasteiger partial charge in [-0.3, -0.25) is 24.2 Å². The minimum absolute atomic E-state index is 0.288. The monoisotopic (exact) mass is 287 g/mol. The fourth-order valence-corrected chi connectivity index (χ4v) is 2.53. The van der Waals surface area contributed by atoms with Crippen molar-refractivity contribution in [3.05, 3.63) is 20.7 Å². The van der Waals surface area contributed by atoms with E-state index in [1.807, 2.05) is 6.92 Å². The molecule has 0 radical (unpaired) electrons. The van der Waals surface area contributed by atoms with Crippen LogP contribution in [0.4, 0.5) is 0 Å². The first-order valence-corrected chi connectivity index (χ1v) is 6.88. The quantitative estimate of drug-likeness (QED) is 0.459. The van der Waals surface area contributed by atoms with Crippen LogP contribution in [0.25, 0.3) is 0 Å². The van der Waals surface area contributed by atoms with Crippen LogP contribution >= 0.6 is 11.8 Å². The summed E-state index contributed by atoms with van der Waals surface area (Å²) in [7, 11) is 1.56. The number of carbonyl (C=O) groups excluding carboxylic acids is 1. The molecule has 1 unspecified atom stereocenters. The maximum Gasteiger partial charge on any atom is 0.339 e. The van der Waals surface area contributed by atoms with E-state index in [4.69, 9.17) is 4.74 Å². The molecule has 7 nitrogen and oxygen atoms in total. The van der Waals surface area contributed by atoms with Crippen molar-refractivity contribution in [1.29, 1.82) is 0 Å². The molecule has 0 bridgehead atoms. The fraction of sp³-hybridized carbons (Fsp3) is 0.636. The first-order valence-electron chi connectivity index (χ1n) is 6.00. The lowest BCUT2D eigenvalue weighted by molar-refractivity contribution is -0.142. The van der Waals surface area contributed by atoms with Crippen molar-refractivity contribution in [2.24, 2.45) is 7.05 Å². The summed E-state index contributed by atoms with van der Waals surface area (Å²) in [6, 6.07) is 0. The van der Waals surface area contributed by atoms with E-state index in [0.29, 0.717) is 13.0 Å². The van der Waals surface area contributed by atoms with Gasteiger partial charge in [0.15, 0.2) is 5.16 Å². The summed E-state index contributed by atoms with van der Waals surface area (Å²) in [6.07, 6.45) is 1.41. The molecule has 19 heavy (non-hydrogen) atoms. The molecule has 0 aromatic carbocycles. The Kier molecular flexibility index (Phi) is 5.81. The standard InChI is InChI=1S/C11H17N3O4S/c1-4-6-7(10(17)18-5-2)19-11-12-8(15)9(16)13-14(11)3/h7H,4-6H2,1-3H3,(H,13,16). The van der Waals surface area contributed by atoms with Gasteiger partial charge in [0.05, 0.1) is 6.61 Å². The van der Waals surface area contributed by atoms with E-state index in [-0.39, 0.29) is 11.1 Å². The van der Waals surface area contributed by atoms with Gasteiger partial charge in [-0.25, -0.2) is 0 Å². The third kappa shape index (κ3) is 4.23. The number of aromatic nitrogens is 3. The van der Waals surface area contributed by atoms with Crippen LogP contribution in [0.3, 0.4) is 0 Å². The number of hydrogen-bond donors (Lipinski definition) is 1. The first-order chi connectivity index (χ1) is 8.99. The summed E-state index contributed by atoms with van der Waals surface area (Å²) in [4.78, 5) is 37.7. The van der Waals surface area contributed by atoms with E-state index in [2.05, 4.69) is 10.1 Å². The van der Waals surface area contributed by atoms with Gasteiger partial charge in [-0.15, -0.1) is 0 Å². The molecule has 0 saturated heterocycles. The van der Waals surface area contributed by atoms with E-state index in [9.17, 15) is 14.4 Å². The van der Waals surface area contributed by atoms with Crippen LogP contribution in [0.15, 0.2) is 14.7 Å². The molecule has 1 heterocycles. The van der Waals surface area contributed by atoms with Crippen LogP contribution < -0.4 is 11.1 Å². The lowest BCUT2D eigenvalue weighted by Crippen LogP contribution is -2.34. The summed E-state index contributed by atoms with van der Waals surface area (Å²) < 4.78 is 6.31. The molecule has 1 N–H and O–H groups in total. The van der Waals surface area contributed by atoms with Crippen molar-refractivity contribution in [3.63, 3.8) is 0 Å². The topological polar surface area (TPSA) is 94.0 Å². The van der Waals surface area contributed by atoms with Crippen LogP contribution in [0.1, 0.15) is 26.7 Å². The van der Waals surface area contributed by atoms with Crippen LogP contribution in [-0.4, -0.2) is 32.6 Å². The van der Waals surface area contributed by atoms with Gasteiger partial charge in [0.25, 0.3) is 0 Å². The van der Waals surface area contributed by atoms with Crippen molar-refractivity contribution >= 4 is 17.7 Å². The van der Waals surface area contributed by atoms with Crippen molar-refractivity contribution in [2.75, 3.05) is 6.61 Å². The largest absolute Gasteiger partial charge is 0.465 e. The van der Waals surface area contributed by atoms with Gasteiger partial charge in [0.2, 0.25) is 0 Å². The highest BCUT2D eigenvalue weighted by Crippen LogP contribution is 2.24. The second-order valence-electron chi connectivity index (χ2n) is 3.85. The Hall–Kier alpha value is -1.57. The predicted molar refractivity (Wildman–Crippen MR) is 71.3 cm³/mol. The average molecular weight is 287 g/mol. The number of aryl methyl sites for hydroxylation is 1. The van der Waals surface area contributed by atoms with Crippen molar-refractivity contribution in [2.45, 2.75) is 37.1 Å². The van der Waals surface area contributed by atoms with E-state index in [1.165, 1.54) is 4.68 Å². The molecular weight excluding hydrogens is 270 g/mol. The number of carbonyl (C=O) groups is 1. The number of aromatic amines is 1. The zero-order chi connectivity index (χ0) is 14.4. The molecule has 1 atom stereocenters. The molecule has 1 aromatic rings. The molecule has 0 amide bonds. The molecule has 0 aliphatic carbocycles. The van der Waals surface area contributed by atoms with Gasteiger partial charge < -0.3 is 4.74 Å². The third-order valence-electron chi connectivity index (χ3n) is 2.30. The summed E-state index contributed by atoms with van der Waals surface area (Å²) in [5.41, 5.74) is -1.64. The SMILES string of the molecule is CCCC(Sc1nc(=O)c(=O)[nH]n1C)C(=O)OCC. The number of hydrogen-bond acceptors (Lipinski definition) is 6. The van der Waals surface area contributed by atoms with Gasteiger partial charge in [0.1, 0.15) is 5.25 Å². The number of rotatable bonds is 6. The molecule has 1 aromatic heterocycles.